The zero-order valence-electron chi connectivity index (χ0n) is 18.2. The summed E-state index contributed by atoms with van der Waals surface area (Å²) in [5, 5.41) is 28.1. The van der Waals surface area contributed by atoms with Gasteiger partial charge in [0.05, 0.1) is 17.9 Å². The van der Waals surface area contributed by atoms with E-state index in [1.807, 2.05) is 79.7 Å². The first kappa shape index (κ1) is 23.6. The number of aliphatic hydroxyl groups excluding tert-OH is 2. The Morgan fingerprint density at radius 2 is 1.25 bits per heavy atom. The van der Waals surface area contributed by atoms with E-state index in [9.17, 15) is 15.0 Å². The number of benzene rings is 3. The van der Waals surface area contributed by atoms with E-state index < -0.39 is 23.8 Å². The molecule has 2 atom stereocenters. The Bertz CT molecular complexity index is 929. The molecule has 0 unspecified atom stereocenters. The Balaban J connectivity index is 1.71. The second-order valence-corrected chi connectivity index (χ2v) is 8.18. The van der Waals surface area contributed by atoms with Crippen LogP contribution in [-0.2, 0) is 6.42 Å². The molecular weight excluding hydrogens is 402 g/mol. The van der Waals surface area contributed by atoms with Gasteiger partial charge >= 0.3 is 0 Å². The smallest absolute Gasteiger partial charge is 0.248 e. The van der Waals surface area contributed by atoms with Crippen LogP contribution in [0.5, 0.6) is 0 Å². The van der Waals surface area contributed by atoms with Gasteiger partial charge in [-0.2, -0.15) is 0 Å². The lowest BCUT2D eigenvalue weighted by molar-refractivity contribution is 0.1000. The van der Waals surface area contributed by atoms with Crippen LogP contribution in [0, 0.1) is 0 Å². The minimum atomic E-state index is -0.673. The maximum absolute atomic E-state index is 11.4. The molecule has 3 rings (SSSR count). The van der Waals surface area contributed by atoms with Crippen LogP contribution in [0.3, 0.4) is 0 Å². The molecule has 3 aromatic carbocycles. The molecule has 0 heterocycles. The number of aliphatic hydroxyl groups is 2. The van der Waals surface area contributed by atoms with Crippen molar-refractivity contribution in [3.63, 3.8) is 0 Å². The van der Waals surface area contributed by atoms with Crippen LogP contribution in [0.1, 0.15) is 46.2 Å². The molecule has 0 aliphatic heterocycles. The Morgan fingerprint density at radius 1 is 0.812 bits per heavy atom. The molecule has 0 bridgehead atoms. The number of rotatable bonds is 11. The number of hydrogen-bond donors (Lipinski definition) is 5. The second-order valence-electron chi connectivity index (χ2n) is 8.18. The van der Waals surface area contributed by atoms with Gasteiger partial charge in [-0.15, -0.1) is 0 Å². The topological polar surface area (TPSA) is 108 Å². The number of amides is 1. The zero-order chi connectivity index (χ0) is 23.0. The van der Waals surface area contributed by atoms with Crippen LogP contribution in [0.4, 0.5) is 0 Å². The standard InChI is InChI=1S/C26H31N3O3/c1-26(16-19-12-14-22(15-13-19)25(27)32,28-17-23(30)20-8-4-2-5-9-20)29-18-24(31)21-10-6-3-7-11-21/h2-15,23-24,28-31H,16-18H2,1H3,(H2,27,32)/t23-,24-/m1/s1. The molecule has 3 aromatic rings. The first-order chi connectivity index (χ1) is 15.4. The summed E-state index contributed by atoms with van der Waals surface area (Å²) in [6.45, 7) is 2.65. The van der Waals surface area contributed by atoms with Gasteiger partial charge in [-0.1, -0.05) is 72.8 Å². The highest BCUT2D eigenvalue weighted by Crippen LogP contribution is 2.18. The van der Waals surface area contributed by atoms with Crippen molar-refractivity contribution in [2.24, 2.45) is 5.73 Å². The van der Waals surface area contributed by atoms with Gasteiger partial charge in [0.15, 0.2) is 0 Å². The van der Waals surface area contributed by atoms with Crippen molar-refractivity contribution in [3.8, 4) is 0 Å². The van der Waals surface area contributed by atoms with E-state index in [1.165, 1.54) is 0 Å². The first-order valence-electron chi connectivity index (χ1n) is 10.7. The molecule has 6 N–H and O–H groups in total. The van der Waals surface area contributed by atoms with E-state index in [1.54, 1.807) is 12.1 Å². The van der Waals surface area contributed by atoms with Gasteiger partial charge in [-0.3, -0.25) is 15.4 Å². The quantitative estimate of drug-likeness (QED) is 0.299. The van der Waals surface area contributed by atoms with E-state index in [0.29, 0.717) is 25.1 Å². The lowest BCUT2D eigenvalue weighted by Crippen LogP contribution is -2.58. The monoisotopic (exact) mass is 433 g/mol. The summed E-state index contributed by atoms with van der Waals surface area (Å²) < 4.78 is 0. The van der Waals surface area contributed by atoms with Crippen LogP contribution in [0.2, 0.25) is 0 Å². The molecule has 0 fully saturated rings. The van der Waals surface area contributed by atoms with Crippen molar-refractivity contribution in [1.82, 2.24) is 10.6 Å². The molecule has 0 aliphatic rings. The van der Waals surface area contributed by atoms with Crippen LogP contribution < -0.4 is 16.4 Å². The molecule has 0 radical (unpaired) electrons. The third-order valence-electron chi connectivity index (χ3n) is 5.54. The second kappa shape index (κ2) is 11.0. The first-order valence-corrected chi connectivity index (χ1v) is 10.7. The van der Waals surface area contributed by atoms with Crippen molar-refractivity contribution in [3.05, 3.63) is 107 Å². The Labute approximate surface area is 189 Å². The van der Waals surface area contributed by atoms with Crippen molar-refractivity contribution >= 4 is 5.91 Å². The van der Waals surface area contributed by atoms with E-state index in [4.69, 9.17) is 5.73 Å². The minimum Gasteiger partial charge on any atom is -0.387 e. The number of primary amides is 1. The van der Waals surface area contributed by atoms with Crippen molar-refractivity contribution in [2.45, 2.75) is 31.2 Å². The number of carbonyl (C=O) groups excluding carboxylic acids is 1. The van der Waals surface area contributed by atoms with Gasteiger partial charge in [0.25, 0.3) is 0 Å². The van der Waals surface area contributed by atoms with Crippen LogP contribution in [-0.4, -0.2) is 34.9 Å². The highest BCUT2D eigenvalue weighted by Gasteiger charge is 2.26. The molecular formula is C26H31N3O3. The lowest BCUT2D eigenvalue weighted by Gasteiger charge is -2.34. The number of nitrogens with two attached hydrogens (primary N) is 1. The maximum atomic E-state index is 11.4. The van der Waals surface area contributed by atoms with Crippen LogP contribution in [0.25, 0.3) is 0 Å². The highest BCUT2D eigenvalue weighted by molar-refractivity contribution is 5.92. The third-order valence-corrected chi connectivity index (χ3v) is 5.54. The number of nitrogens with one attached hydrogen (secondary N) is 2. The predicted octanol–water partition coefficient (Wildman–Crippen LogP) is 2.69. The van der Waals surface area contributed by atoms with Crippen LogP contribution >= 0.6 is 0 Å². The van der Waals surface area contributed by atoms with Crippen molar-refractivity contribution in [2.75, 3.05) is 13.1 Å². The summed E-state index contributed by atoms with van der Waals surface area (Å²) in [7, 11) is 0. The van der Waals surface area contributed by atoms with Gasteiger partial charge in [-0.25, -0.2) is 0 Å². The molecule has 0 aromatic heterocycles. The van der Waals surface area contributed by atoms with E-state index in [2.05, 4.69) is 10.6 Å². The molecule has 6 heteroatoms. The normalized spacial score (nSPS) is 13.5. The van der Waals surface area contributed by atoms with Crippen LogP contribution in [0.15, 0.2) is 84.9 Å². The molecule has 0 spiro atoms. The predicted molar refractivity (Wildman–Crippen MR) is 126 cm³/mol. The summed E-state index contributed by atoms with van der Waals surface area (Å²) in [5.74, 6) is -0.465. The SMILES string of the molecule is CC(Cc1ccc(C(N)=O)cc1)(NC[C@@H](O)c1ccccc1)NC[C@@H](O)c1ccccc1. The van der Waals surface area contributed by atoms with E-state index >= 15 is 0 Å². The average Bonchev–Trinajstić information content (AvgIpc) is 2.82. The number of hydrogen-bond acceptors (Lipinski definition) is 5. The maximum Gasteiger partial charge on any atom is 0.248 e. The molecule has 0 saturated heterocycles. The molecule has 0 aliphatic carbocycles. The fraction of sp³-hybridized carbons (Fsp3) is 0.269. The lowest BCUT2D eigenvalue weighted by atomic mass is 9.98. The molecule has 32 heavy (non-hydrogen) atoms. The average molecular weight is 434 g/mol. The molecule has 168 valence electrons. The Morgan fingerprint density at radius 3 is 1.66 bits per heavy atom. The number of carbonyl (C=O) groups is 1. The fourth-order valence-electron chi connectivity index (χ4n) is 3.61. The molecule has 6 nitrogen and oxygen atoms in total. The van der Waals surface area contributed by atoms with Gasteiger partial charge in [0.2, 0.25) is 5.91 Å². The van der Waals surface area contributed by atoms with Crippen molar-refractivity contribution < 1.29 is 15.0 Å². The van der Waals surface area contributed by atoms with E-state index in [-0.39, 0.29) is 0 Å². The van der Waals surface area contributed by atoms with Gasteiger partial charge < -0.3 is 15.9 Å². The summed E-state index contributed by atoms with van der Waals surface area (Å²) in [4.78, 5) is 11.4. The molecule has 0 saturated carbocycles. The third kappa shape index (κ3) is 6.73. The van der Waals surface area contributed by atoms with Gasteiger partial charge in [0.1, 0.15) is 0 Å². The summed E-state index contributed by atoms with van der Waals surface area (Å²) in [6, 6.07) is 26.1. The van der Waals surface area contributed by atoms with Crippen molar-refractivity contribution in [1.29, 1.82) is 0 Å². The molecule has 1 amide bonds. The Kier molecular flexibility index (Phi) is 8.14. The van der Waals surface area contributed by atoms with Gasteiger partial charge in [0, 0.05) is 25.1 Å². The van der Waals surface area contributed by atoms with Gasteiger partial charge in [-0.05, 0) is 35.7 Å². The fourth-order valence-corrected chi connectivity index (χ4v) is 3.61. The zero-order valence-corrected chi connectivity index (χ0v) is 18.2. The summed E-state index contributed by atoms with van der Waals surface area (Å²) >= 11 is 0. The largest absolute Gasteiger partial charge is 0.387 e. The minimum absolute atomic E-state index is 0.328. The summed E-state index contributed by atoms with van der Waals surface area (Å²) in [5.41, 5.74) is 7.82. The highest BCUT2D eigenvalue weighted by atomic mass is 16.3. The van der Waals surface area contributed by atoms with E-state index in [0.717, 1.165) is 16.7 Å². The Hall–Kier alpha value is -3.03. The summed E-state index contributed by atoms with van der Waals surface area (Å²) in [6.07, 6.45) is -0.781.